The molecule has 2 aliphatic rings. The lowest BCUT2D eigenvalue weighted by Gasteiger charge is -2.33. The molecule has 0 bridgehead atoms. The topological polar surface area (TPSA) is 32.3 Å². The molecule has 3 rings (SSSR count). The molecular weight excluding hydrogens is 280 g/mol. The van der Waals surface area contributed by atoms with E-state index >= 15 is 0 Å². The Morgan fingerprint density at radius 2 is 2.19 bits per heavy atom. The van der Waals surface area contributed by atoms with E-state index in [1.807, 2.05) is 11.3 Å². The number of thiophene rings is 1. The summed E-state index contributed by atoms with van der Waals surface area (Å²) in [6, 6.07) is 2.18. The molecule has 1 amide bonds. The Morgan fingerprint density at radius 1 is 1.38 bits per heavy atom. The van der Waals surface area contributed by atoms with Gasteiger partial charge in [-0.1, -0.05) is 0 Å². The first-order valence-corrected chi connectivity index (χ1v) is 9.23. The summed E-state index contributed by atoms with van der Waals surface area (Å²) in [5, 5.41) is 5.56. The lowest BCUT2D eigenvalue weighted by molar-refractivity contribution is -0.133. The van der Waals surface area contributed by atoms with Gasteiger partial charge < -0.3 is 10.2 Å². The van der Waals surface area contributed by atoms with Crippen molar-refractivity contribution in [2.45, 2.75) is 44.9 Å². The van der Waals surface area contributed by atoms with E-state index in [2.05, 4.69) is 28.6 Å². The summed E-state index contributed by atoms with van der Waals surface area (Å²) in [6.07, 6.45) is 5.77. The Kier molecular flexibility index (Phi) is 4.96. The standard InChI is InChI=1S/C17H26N2OS/c1-2-19(12-13-6-9-18-10-7-13)17(20)15-4-3-5-16-14(15)8-11-21-16/h8,11,13,15,18H,2-7,9-10,12H2,1H3. The molecule has 1 atom stereocenters. The summed E-state index contributed by atoms with van der Waals surface area (Å²) in [5.41, 5.74) is 1.32. The normalized spacial score (nSPS) is 22.8. The van der Waals surface area contributed by atoms with Crippen molar-refractivity contribution in [3.05, 3.63) is 21.9 Å². The highest BCUT2D eigenvalue weighted by Gasteiger charge is 2.31. The van der Waals surface area contributed by atoms with Crippen LogP contribution in [0.3, 0.4) is 0 Å². The Hall–Kier alpha value is -0.870. The van der Waals surface area contributed by atoms with E-state index in [1.54, 1.807) is 0 Å². The zero-order chi connectivity index (χ0) is 14.7. The first-order valence-electron chi connectivity index (χ1n) is 8.35. The van der Waals surface area contributed by atoms with E-state index in [9.17, 15) is 4.79 Å². The first kappa shape index (κ1) is 15.0. The molecule has 4 heteroatoms. The van der Waals surface area contributed by atoms with E-state index in [0.717, 1.165) is 45.4 Å². The third-order valence-corrected chi connectivity index (χ3v) is 5.98. The number of carbonyl (C=O) groups excluding carboxylic acids is 1. The van der Waals surface area contributed by atoms with Gasteiger partial charge in [-0.05, 0) is 75.0 Å². The van der Waals surface area contributed by atoms with Crippen LogP contribution in [-0.4, -0.2) is 37.0 Å². The molecule has 3 nitrogen and oxygen atoms in total. The van der Waals surface area contributed by atoms with Crippen molar-refractivity contribution in [3.63, 3.8) is 0 Å². The van der Waals surface area contributed by atoms with Crippen molar-refractivity contribution in [1.29, 1.82) is 0 Å². The number of hydrogen-bond acceptors (Lipinski definition) is 3. The molecule has 1 aromatic heterocycles. The largest absolute Gasteiger partial charge is 0.342 e. The van der Waals surface area contributed by atoms with Gasteiger partial charge in [0.05, 0.1) is 5.92 Å². The number of nitrogens with zero attached hydrogens (tertiary/aromatic N) is 1. The summed E-state index contributed by atoms with van der Waals surface area (Å²) in [7, 11) is 0. The fourth-order valence-electron chi connectivity index (χ4n) is 3.71. The van der Waals surface area contributed by atoms with E-state index in [0.29, 0.717) is 11.8 Å². The monoisotopic (exact) mass is 306 g/mol. The van der Waals surface area contributed by atoms with E-state index < -0.39 is 0 Å². The zero-order valence-electron chi connectivity index (χ0n) is 12.9. The predicted octanol–water partition coefficient (Wildman–Crippen LogP) is 3.02. The highest BCUT2D eigenvalue weighted by Crippen LogP contribution is 2.36. The molecule has 21 heavy (non-hydrogen) atoms. The first-order chi connectivity index (χ1) is 10.3. The molecule has 1 N–H and O–H groups in total. The number of likely N-dealkylation sites (N-methyl/N-ethyl adjacent to an activating group) is 1. The third kappa shape index (κ3) is 3.32. The number of nitrogens with one attached hydrogen (secondary N) is 1. The molecule has 1 aliphatic heterocycles. The number of piperidine rings is 1. The van der Waals surface area contributed by atoms with Crippen molar-refractivity contribution >= 4 is 17.2 Å². The number of carbonyl (C=O) groups is 1. The summed E-state index contributed by atoms with van der Waals surface area (Å²) in [5.74, 6) is 1.18. The van der Waals surface area contributed by atoms with Gasteiger partial charge >= 0.3 is 0 Å². The second kappa shape index (κ2) is 6.93. The molecule has 0 spiro atoms. The minimum Gasteiger partial charge on any atom is -0.342 e. The van der Waals surface area contributed by atoms with Crippen LogP contribution < -0.4 is 5.32 Å². The number of hydrogen-bond donors (Lipinski definition) is 1. The highest BCUT2D eigenvalue weighted by molar-refractivity contribution is 7.10. The van der Waals surface area contributed by atoms with Gasteiger partial charge in [0, 0.05) is 18.0 Å². The van der Waals surface area contributed by atoms with Crippen LogP contribution in [0.15, 0.2) is 11.4 Å². The van der Waals surface area contributed by atoms with Crippen molar-refractivity contribution in [2.75, 3.05) is 26.2 Å². The second-order valence-corrected chi connectivity index (χ2v) is 7.31. The van der Waals surface area contributed by atoms with Gasteiger partial charge in [0.2, 0.25) is 5.91 Å². The van der Waals surface area contributed by atoms with E-state index in [1.165, 1.54) is 23.3 Å². The quantitative estimate of drug-likeness (QED) is 0.927. The number of aryl methyl sites for hydroxylation is 1. The van der Waals surface area contributed by atoms with Crippen LogP contribution in [-0.2, 0) is 11.2 Å². The van der Waals surface area contributed by atoms with Gasteiger partial charge in [0.15, 0.2) is 0 Å². The zero-order valence-corrected chi connectivity index (χ0v) is 13.8. The van der Waals surface area contributed by atoms with E-state index in [4.69, 9.17) is 0 Å². The molecule has 1 fully saturated rings. The third-order valence-electron chi connectivity index (χ3n) is 4.98. The molecule has 1 aromatic rings. The highest BCUT2D eigenvalue weighted by atomic mass is 32.1. The number of amides is 1. The number of fused-ring (bicyclic) bond motifs is 1. The minimum absolute atomic E-state index is 0.127. The van der Waals surface area contributed by atoms with Gasteiger partial charge in [-0.3, -0.25) is 4.79 Å². The van der Waals surface area contributed by atoms with Crippen LogP contribution >= 0.6 is 11.3 Å². The van der Waals surface area contributed by atoms with Gasteiger partial charge in [-0.25, -0.2) is 0 Å². The molecule has 1 saturated heterocycles. The van der Waals surface area contributed by atoms with Crippen molar-refractivity contribution in [1.82, 2.24) is 10.2 Å². The lowest BCUT2D eigenvalue weighted by Crippen LogP contribution is -2.41. The molecule has 116 valence electrons. The fourth-order valence-corrected chi connectivity index (χ4v) is 4.70. The Labute approximate surface area is 131 Å². The van der Waals surface area contributed by atoms with E-state index in [-0.39, 0.29) is 5.92 Å². The molecule has 0 aromatic carbocycles. The summed E-state index contributed by atoms with van der Waals surface area (Å²) < 4.78 is 0. The average Bonchev–Trinajstić information content (AvgIpc) is 3.01. The molecule has 2 heterocycles. The average molecular weight is 306 g/mol. The number of rotatable bonds is 4. The molecule has 1 unspecified atom stereocenters. The maximum absolute atomic E-state index is 13.0. The van der Waals surface area contributed by atoms with Crippen molar-refractivity contribution in [3.8, 4) is 0 Å². The Balaban J connectivity index is 1.68. The van der Waals surface area contributed by atoms with Crippen LogP contribution in [0.1, 0.15) is 49.0 Å². The summed E-state index contributed by atoms with van der Waals surface area (Å²) in [6.45, 7) is 6.13. The van der Waals surface area contributed by atoms with Gasteiger partial charge in [-0.15, -0.1) is 11.3 Å². The summed E-state index contributed by atoms with van der Waals surface area (Å²) >= 11 is 1.82. The van der Waals surface area contributed by atoms with Crippen LogP contribution in [0.5, 0.6) is 0 Å². The molecular formula is C17H26N2OS. The summed E-state index contributed by atoms with van der Waals surface area (Å²) in [4.78, 5) is 16.5. The van der Waals surface area contributed by atoms with Crippen LogP contribution in [0.2, 0.25) is 0 Å². The Bertz CT molecular complexity index is 479. The maximum Gasteiger partial charge on any atom is 0.230 e. The van der Waals surface area contributed by atoms with Crippen molar-refractivity contribution < 1.29 is 4.79 Å². The smallest absolute Gasteiger partial charge is 0.230 e. The second-order valence-electron chi connectivity index (χ2n) is 6.31. The predicted molar refractivity (Wildman–Crippen MR) is 87.8 cm³/mol. The van der Waals surface area contributed by atoms with Crippen LogP contribution in [0.25, 0.3) is 0 Å². The van der Waals surface area contributed by atoms with Crippen LogP contribution in [0.4, 0.5) is 0 Å². The minimum atomic E-state index is 0.127. The molecule has 0 saturated carbocycles. The van der Waals surface area contributed by atoms with Gasteiger partial charge in [0.25, 0.3) is 0 Å². The fraction of sp³-hybridized carbons (Fsp3) is 0.706. The lowest BCUT2D eigenvalue weighted by atomic mass is 9.86. The van der Waals surface area contributed by atoms with Gasteiger partial charge in [0.1, 0.15) is 0 Å². The maximum atomic E-state index is 13.0. The Morgan fingerprint density at radius 3 is 2.95 bits per heavy atom. The van der Waals surface area contributed by atoms with Crippen molar-refractivity contribution in [2.24, 2.45) is 5.92 Å². The SMILES string of the molecule is CCN(CC1CCNCC1)C(=O)C1CCCc2sccc21. The van der Waals surface area contributed by atoms with Crippen LogP contribution in [0, 0.1) is 5.92 Å². The molecule has 0 radical (unpaired) electrons. The van der Waals surface area contributed by atoms with Gasteiger partial charge in [-0.2, -0.15) is 0 Å². The molecule has 1 aliphatic carbocycles.